The predicted molar refractivity (Wildman–Crippen MR) is 109 cm³/mol. The number of piperidine rings is 1. The quantitative estimate of drug-likeness (QED) is 0.714. The Balaban J connectivity index is 1.38. The van der Waals surface area contributed by atoms with Crippen molar-refractivity contribution in [3.8, 4) is 5.75 Å². The van der Waals surface area contributed by atoms with Gasteiger partial charge in [-0.1, -0.05) is 18.2 Å². The molecule has 144 valence electrons. The first kappa shape index (κ1) is 18.5. The molecule has 1 amide bonds. The Labute approximate surface area is 165 Å². The molecule has 1 aliphatic heterocycles. The monoisotopic (exact) mass is 384 g/mol. The van der Waals surface area contributed by atoms with E-state index in [1.165, 1.54) is 30.7 Å². The van der Waals surface area contributed by atoms with E-state index in [0.29, 0.717) is 18.5 Å². The SMILES string of the molecule is CN1CCC[C@@H](COc2cccc(CN(C(=O)c3cccs3)C3CC3)c2)C1. The van der Waals surface area contributed by atoms with Gasteiger partial charge in [0.1, 0.15) is 5.75 Å². The Morgan fingerprint density at radius 2 is 2.15 bits per heavy atom. The predicted octanol–water partition coefficient (Wildman–Crippen LogP) is 4.27. The summed E-state index contributed by atoms with van der Waals surface area (Å²) in [5, 5.41) is 1.97. The lowest BCUT2D eigenvalue weighted by Gasteiger charge is -2.29. The molecule has 5 heteroatoms. The van der Waals surface area contributed by atoms with E-state index < -0.39 is 0 Å². The number of hydrogen-bond acceptors (Lipinski definition) is 4. The fourth-order valence-electron chi connectivity index (χ4n) is 3.85. The molecule has 1 aromatic heterocycles. The molecule has 1 saturated carbocycles. The summed E-state index contributed by atoms with van der Waals surface area (Å²) < 4.78 is 6.10. The number of hydrogen-bond donors (Lipinski definition) is 0. The van der Waals surface area contributed by atoms with Crippen LogP contribution in [-0.2, 0) is 6.54 Å². The molecule has 4 nitrogen and oxygen atoms in total. The first-order chi connectivity index (χ1) is 13.2. The van der Waals surface area contributed by atoms with Crippen molar-refractivity contribution in [2.45, 2.75) is 38.3 Å². The number of amides is 1. The summed E-state index contributed by atoms with van der Waals surface area (Å²) in [7, 11) is 2.18. The van der Waals surface area contributed by atoms with Crippen molar-refractivity contribution in [3.05, 3.63) is 52.2 Å². The molecule has 1 atom stereocenters. The number of ether oxygens (including phenoxy) is 1. The zero-order valence-electron chi connectivity index (χ0n) is 16.0. The lowest BCUT2D eigenvalue weighted by atomic mass is 9.99. The summed E-state index contributed by atoms with van der Waals surface area (Å²) in [5.74, 6) is 1.68. The highest BCUT2D eigenvalue weighted by Crippen LogP contribution is 2.31. The third-order valence-electron chi connectivity index (χ3n) is 5.44. The number of thiophene rings is 1. The standard InChI is InChI=1S/C22H28N2O2S/c1-23-11-3-6-18(14-23)16-26-20-7-2-5-17(13-20)15-24(19-9-10-19)22(25)21-8-4-12-27-21/h2,4-5,7-8,12-13,18-19H,3,6,9-11,14-16H2,1H3/t18-/m1/s1. The number of rotatable bonds is 7. The van der Waals surface area contributed by atoms with Crippen LogP contribution in [0.2, 0.25) is 0 Å². The second-order valence-corrected chi connectivity index (χ2v) is 8.82. The maximum absolute atomic E-state index is 12.8. The highest BCUT2D eigenvalue weighted by Gasteiger charge is 2.33. The Morgan fingerprint density at radius 1 is 1.26 bits per heavy atom. The lowest BCUT2D eigenvalue weighted by Crippen LogP contribution is -2.34. The topological polar surface area (TPSA) is 32.8 Å². The normalized spacial score (nSPS) is 20.4. The van der Waals surface area contributed by atoms with Crippen molar-refractivity contribution >= 4 is 17.2 Å². The van der Waals surface area contributed by atoms with Gasteiger partial charge in [0.2, 0.25) is 0 Å². The van der Waals surface area contributed by atoms with Crippen LogP contribution in [0.5, 0.6) is 5.75 Å². The maximum Gasteiger partial charge on any atom is 0.264 e. The van der Waals surface area contributed by atoms with Crippen molar-refractivity contribution in [3.63, 3.8) is 0 Å². The summed E-state index contributed by atoms with van der Waals surface area (Å²) >= 11 is 1.52. The second kappa shape index (κ2) is 8.44. The van der Waals surface area contributed by atoms with E-state index in [-0.39, 0.29) is 5.91 Å². The molecule has 0 bridgehead atoms. The summed E-state index contributed by atoms with van der Waals surface area (Å²) in [6.07, 6.45) is 4.73. The number of carbonyl (C=O) groups is 1. The molecular formula is C22H28N2O2S. The molecule has 2 aromatic rings. The van der Waals surface area contributed by atoms with Crippen LogP contribution in [0.3, 0.4) is 0 Å². The van der Waals surface area contributed by atoms with E-state index in [1.54, 1.807) is 0 Å². The van der Waals surface area contributed by atoms with Gasteiger partial charge in [-0.15, -0.1) is 11.3 Å². The van der Waals surface area contributed by atoms with Crippen molar-refractivity contribution in [1.29, 1.82) is 0 Å². The molecule has 0 N–H and O–H groups in total. The minimum atomic E-state index is 0.157. The Hall–Kier alpha value is -1.85. The number of benzene rings is 1. The Bertz CT molecular complexity index is 757. The van der Waals surface area contributed by atoms with E-state index in [9.17, 15) is 4.79 Å². The second-order valence-electron chi connectivity index (χ2n) is 7.87. The molecule has 2 aliphatic rings. The molecule has 1 saturated heterocycles. The zero-order valence-corrected chi connectivity index (χ0v) is 16.8. The van der Waals surface area contributed by atoms with Gasteiger partial charge in [0, 0.05) is 25.0 Å². The van der Waals surface area contributed by atoms with E-state index in [0.717, 1.165) is 42.2 Å². The molecule has 1 aliphatic carbocycles. The molecule has 2 fully saturated rings. The Kier molecular flexibility index (Phi) is 5.79. The van der Waals surface area contributed by atoms with Crippen LogP contribution in [-0.4, -0.2) is 48.5 Å². The summed E-state index contributed by atoms with van der Waals surface area (Å²) in [4.78, 5) is 18.1. The first-order valence-electron chi connectivity index (χ1n) is 9.94. The molecule has 4 rings (SSSR count). The minimum Gasteiger partial charge on any atom is -0.493 e. The highest BCUT2D eigenvalue weighted by molar-refractivity contribution is 7.12. The van der Waals surface area contributed by atoms with Crippen LogP contribution in [0.1, 0.15) is 40.9 Å². The largest absolute Gasteiger partial charge is 0.493 e. The van der Waals surface area contributed by atoms with E-state index in [4.69, 9.17) is 4.74 Å². The molecule has 1 aromatic carbocycles. The molecule has 0 unspecified atom stereocenters. The third kappa shape index (κ3) is 4.90. The first-order valence-corrected chi connectivity index (χ1v) is 10.8. The lowest BCUT2D eigenvalue weighted by molar-refractivity contribution is 0.0734. The van der Waals surface area contributed by atoms with E-state index in [1.807, 2.05) is 34.5 Å². The fraction of sp³-hybridized carbons (Fsp3) is 0.500. The Morgan fingerprint density at radius 3 is 2.89 bits per heavy atom. The van der Waals surface area contributed by atoms with Gasteiger partial charge >= 0.3 is 0 Å². The highest BCUT2D eigenvalue weighted by atomic mass is 32.1. The number of nitrogens with zero attached hydrogens (tertiary/aromatic N) is 2. The zero-order chi connectivity index (χ0) is 18.6. The summed E-state index contributed by atoms with van der Waals surface area (Å²) in [5.41, 5.74) is 1.14. The van der Waals surface area contributed by atoms with Crippen molar-refractivity contribution in [2.75, 3.05) is 26.7 Å². The molecular weight excluding hydrogens is 356 g/mol. The van der Waals surface area contributed by atoms with Crippen molar-refractivity contribution < 1.29 is 9.53 Å². The van der Waals surface area contributed by atoms with Gasteiger partial charge < -0.3 is 14.5 Å². The van der Waals surface area contributed by atoms with Crippen LogP contribution in [0.15, 0.2) is 41.8 Å². The smallest absolute Gasteiger partial charge is 0.264 e. The fourth-order valence-corrected chi connectivity index (χ4v) is 4.53. The van der Waals surface area contributed by atoms with Gasteiger partial charge in [-0.05, 0) is 68.4 Å². The number of likely N-dealkylation sites (tertiary alicyclic amines) is 1. The van der Waals surface area contributed by atoms with Gasteiger partial charge in [-0.2, -0.15) is 0 Å². The van der Waals surface area contributed by atoms with Crippen LogP contribution in [0, 0.1) is 5.92 Å². The number of carbonyl (C=O) groups excluding carboxylic acids is 1. The summed E-state index contributed by atoms with van der Waals surface area (Å²) in [6.45, 7) is 3.74. The van der Waals surface area contributed by atoms with Crippen molar-refractivity contribution in [1.82, 2.24) is 9.80 Å². The average Bonchev–Trinajstić information content (AvgIpc) is 3.37. The maximum atomic E-state index is 12.8. The van der Waals surface area contributed by atoms with Gasteiger partial charge in [-0.25, -0.2) is 0 Å². The van der Waals surface area contributed by atoms with Crippen LogP contribution >= 0.6 is 11.3 Å². The van der Waals surface area contributed by atoms with Gasteiger partial charge in [0.05, 0.1) is 11.5 Å². The molecule has 0 radical (unpaired) electrons. The average molecular weight is 385 g/mol. The molecule has 0 spiro atoms. The van der Waals surface area contributed by atoms with Gasteiger partial charge in [0.15, 0.2) is 0 Å². The minimum absolute atomic E-state index is 0.157. The van der Waals surface area contributed by atoms with Gasteiger partial charge in [0.25, 0.3) is 5.91 Å². The molecule has 27 heavy (non-hydrogen) atoms. The van der Waals surface area contributed by atoms with E-state index >= 15 is 0 Å². The molecule has 2 heterocycles. The van der Waals surface area contributed by atoms with Crippen LogP contribution in [0.4, 0.5) is 0 Å². The van der Waals surface area contributed by atoms with Crippen LogP contribution < -0.4 is 4.74 Å². The third-order valence-corrected chi connectivity index (χ3v) is 6.30. The van der Waals surface area contributed by atoms with E-state index in [2.05, 4.69) is 24.1 Å². The van der Waals surface area contributed by atoms with Gasteiger partial charge in [-0.3, -0.25) is 4.79 Å². The van der Waals surface area contributed by atoms with Crippen LogP contribution in [0.25, 0.3) is 0 Å². The summed E-state index contributed by atoms with van der Waals surface area (Å²) in [6, 6.07) is 12.5. The van der Waals surface area contributed by atoms with Crippen molar-refractivity contribution in [2.24, 2.45) is 5.92 Å².